The molecule has 5 rings (SSSR count). The Morgan fingerprint density at radius 2 is 1.59 bits per heavy atom. The molecular weight excluding hydrogens is 556 g/mol. The van der Waals surface area contributed by atoms with Crippen LogP contribution in [0.1, 0.15) is 40.1 Å². The van der Waals surface area contributed by atoms with Crippen LogP contribution in [0.3, 0.4) is 0 Å². The predicted molar refractivity (Wildman–Crippen MR) is 167 cm³/mol. The van der Waals surface area contributed by atoms with E-state index in [0.29, 0.717) is 30.5 Å². The Morgan fingerprint density at radius 3 is 2.30 bits per heavy atom. The Labute approximate surface area is 257 Å². The number of nitrogens with zero attached hydrogens (tertiary/aromatic N) is 1. The molecule has 44 heavy (non-hydrogen) atoms. The zero-order chi connectivity index (χ0) is 30.9. The summed E-state index contributed by atoms with van der Waals surface area (Å²) in [6.45, 7) is 2.50. The Bertz CT molecular complexity index is 1560. The first kappa shape index (κ1) is 30.7. The summed E-state index contributed by atoms with van der Waals surface area (Å²) >= 11 is 0. The lowest BCUT2D eigenvalue weighted by atomic mass is 9.97. The van der Waals surface area contributed by atoms with Gasteiger partial charge in [-0.15, -0.1) is 0 Å². The van der Waals surface area contributed by atoms with Gasteiger partial charge in [-0.05, 0) is 59.7 Å². The first-order valence-electron chi connectivity index (χ1n) is 14.8. The lowest BCUT2D eigenvalue weighted by molar-refractivity contribution is -0.149. The largest absolute Gasteiger partial charge is 0.447 e. The summed E-state index contributed by atoms with van der Waals surface area (Å²) < 4.78 is 10.9. The minimum atomic E-state index is -1.29. The fourth-order valence-electron chi connectivity index (χ4n) is 5.35. The maximum absolute atomic E-state index is 13.6. The fourth-order valence-corrected chi connectivity index (χ4v) is 5.35. The highest BCUT2D eigenvalue weighted by Crippen LogP contribution is 2.28. The average molecular weight is 593 g/mol. The van der Waals surface area contributed by atoms with Crippen LogP contribution >= 0.6 is 0 Å². The van der Waals surface area contributed by atoms with E-state index < -0.39 is 30.3 Å². The van der Waals surface area contributed by atoms with E-state index >= 15 is 0 Å². The molecule has 3 amide bonds. The van der Waals surface area contributed by atoms with Gasteiger partial charge in [0.05, 0.1) is 6.04 Å². The van der Waals surface area contributed by atoms with Gasteiger partial charge in [0.15, 0.2) is 6.10 Å². The van der Waals surface area contributed by atoms with Gasteiger partial charge in [-0.1, -0.05) is 97.1 Å². The molecule has 226 valence electrons. The second kappa shape index (κ2) is 14.6. The number of aliphatic hydroxyl groups is 1. The number of hydrogen-bond donors (Lipinski definition) is 2. The molecule has 3 unspecified atom stereocenters. The van der Waals surface area contributed by atoms with E-state index in [1.54, 1.807) is 31.2 Å². The molecule has 1 aliphatic heterocycles. The third kappa shape index (κ3) is 7.40. The van der Waals surface area contributed by atoms with Gasteiger partial charge in [-0.2, -0.15) is 0 Å². The molecule has 0 radical (unpaired) electrons. The van der Waals surface area contributed by atoms with Crippen LogP contribution in [-0.2, 0) is 27.1 Å². The highest BCUT2D eigenvalue weighted by atomic mass is 16.6. The first-order valence-corrected chi connectivity index (χ1v) is 14.8. The molecule has 1 saturated heterocycles. The van der Waals surface area contributed by atoms with Crippen molar-refractivity contribution in [1.29, 1.82) is 0 Å². The molecule has 1 heterocycles. The smallest absolute Gasteiger partial charge is 0.417 e. The Morgan fingerprint density at radius 1 is 0.909 bits per heavy atom. The summed E-state index contributed by atoms with van der Waals surface area (Å²) in [7, 11) is 0. The molecule has 0 saturated carbocycles. The SMILES string of the molecule is CCOC(C(=O)N1C(=O)OCC1Cc1ccccc1)C(O)c1ccc(-c2cccc(CCNC(=O)c3ccccc3)c2)cc1. The minimum Gasteiger partial charge on any atom is -0.447 e. The van der Waals surface area contributed by atoms with Crippen molar-refractivity contribution >= 4 is 17.9 Å². The van der Waals surface area contributed by atoms with Crippen molar-refractivity contribution in [3.05, 3.63) is 131 Å². The summed E-state index contributed by atoms with van der Waals surface area (Å²) in [5, 5.41) is 14.2. The standard InChI is InChI=1S/C36H36N2O6/c1-2-43-33(35(41)38-31(24-44-36(38)42)23-25-10-5-3-6-11-25)32(39)28-18-16-27(17-19-28)30-15-9-12-26(22-30)20-21-37-34(40)29-13-7-4-8-14-29/h3-19,22,31-33,39H,2,20-21,23-24H2,1H3,(H,37,40). The number of carbonyl (C=O) groups excluding carboxylic acids is 3. The van der Waals surface area contributed by atoms with Crippen LogP contribution < -0.4 is 5.32 Å². The van der Waals surface area contributed by atoms with Crippen LogP contribution in [0.15, 0.2) is 109 Å². The van der Waals surface area contributed by atoms with E-state index in [-0.39, 0.29) is 19.1 Å². The number of nitrogens with one attached hydrogen (secondary N) is 1. The Hall–Kier alpha value is -4.79. The molecule has 0 aliphatic carbocycles. The van der Waals surface area contributed by atoms with Gasteiger partial charge in [0.1, 0.15) is 12.7 Å². The van der Waals surface area contributed by atoms with Crippen LogP contribution in [0.5, 0.6) is 0 Å². The summed E-state index contributed by atoms with van der Waals surface area (Å²) in [5.41, 5.74) is 5.08. The maximum atomic E-state index is 13.6. The number of imide groups is 1. The first-order chi connectivity index (χ1) is 21.4. The number of ether oxygens (including phenoxy) is 2. The zero-order valence-electron chi connectivity index (χ0n) is 24.6. The van der Waals surface area contributed by atoms with Crippen molar-refractivity contribution < 1.29 is 29.0 Å². The van der Waals surface area contributed by atoms with Gasteiger partial charge in [0, 0.05) is 18.7 Å². The van der Waals surface area contributed by atoms with E-state index in [1.165, 1.54) is 0 Å². The number of hydrogen-bond acceptors (Lipinski definition) is 6. The van der Waals surface area contributed by atoms with E-state index in [2.05, 4.69) is 11.4 Å². The average Bonchev–Trinajstić information content (AvgIpc) is 3.43. The van der Waals surface area contributed by atoms with Crippen molar-refractivity contribution in [2.45, 2.75) is 38.0 Å². The highest BCUT2D eigenvalue weighted by Gasteiger charge is 2.43. The highest BCUT2D eigenvalue weighted by molar-refractivity contribution is 5.96. The molecule has 8 heteroatoms. The fraction of sp³-hybridized carbons (Fsp3) is 0.250. The Kier molecular flexibility index (Phi) is 10.2. The van der Waals surface area contributed by atoms with Crippen molar-refractivity contribution in [3.8, 4) is 11.1 Å². The number of cyclic esters (lactones) is 1. The molecular formula is C36H36N2O6. The number of amides is 3. The molecule has 3 atom stereocenters. The maximum Gasteiger partial charge on any atom is 0.417 e. The molecule has 2 N–H and O–H groups in total. The van der Waals surface area contributed by atoms with E-state index in [4.69, 9.17) is 9.47 Å². The summed E-state index contributed by atoms with van der Waals surface area (Å²) in [6.07, 6.45) is -2.18. The quantitative estimate of drug-likeness (QED) is 0.230. The van der Waals surface area contributed by atoms with Crippen LogP contribution in [0.2, 0.25) is 0 Å². The second-order valence-electron chi connectivity index (χ2n) is 10.6. The third-order valence-electron chi connectivity index (χ3n) is 7.64. The van der Waals surface area contributed by atoms with Crippen molar-refractivity contribution in [2.75, 3.05) is 19.8 Å². The zero-order valence-corrected chi connectivity index (χ0v) is 24.6. The minimum absolute atomic E-state index is 0.0849. The van der Waals surface area contributed by atoms with Crippen molar-refractivity contribution in [1.82, 2.24) is 10.2 Å². The summed E-state index contributed by atoms with van der Waals surface area (Å²) in [4.78, 5) is 39.6. The molecule has 1 fully saturated rings. The molecule has 1 aliphatic rings. The molecule has 4 aromatic carbocycles. The van der Waals surface area contributed by atoms with Gasteiger partial charge in [-0.25, -0.2) is 9.69 Å². The number of rotatable bonds is 12. The second-order valence-corrected chi connectivity index (χ2v) is 10.6. The molecule has 0 aromatic heterocycles. The van der Waals surface area contributed by atoms with Crippen LogP contribution in [0.25, 0.3) is 11.1 Å². The summed E-state index contributed by atoms with van der Waals surface area (Å²) in [5.74, 6) is -0.730. The molecule has 4 aromatic rings. The number of carbonyl (C=O) groups is 3. The summed E-state index contributed by atoms with van der Waals surface area (Å²) in [6, 6.07) is 33.5. The van der Waals surface area contributed by atoms with Crippen LogP contribution in [-0.4, -0.2) is 59.8 Å². The lowest BCUT2D eigenvalue weighted by Gasteiger charge is -2.28. The topological polar surface area (TPSA) is 105 Å². The predicted octanol–water partition coefficient (Wildman–Crippen LogP) is 5.35. The third-order valence-corrected chi connectivity index (χ3v) is 7.64. The van der Waals surface area contributed by atoms with Crippen LogP contribution in [0, 0.1) is 0 Å². The van der Waals surface area contributed by atoms with Crippen LogP contribution in [0.4, 0.5) is 4.79 Å². The van der Waals surface area contributed by atoms with Gasteiger partial charge in [0.25, 0.3) is 11.8 Å². The van der Waals surface area contributed by atoms with Gasteiger partial charge in [0.2, 0.25) is 0 Å². The molecule has 0 bridgehead atoms. The molecule has 0 spiro atoms. The van der Waals surface area contributed by atoms with E-state index in [1.807, 2.05) is 78.9 Å². The monoisotopic (exact) mass is 592 g/mol. The van der Waals surface area contributed by atoms with Gasteiger partial charge >= 0.3 is 6.09 Å². The van der Waals surface area contributed by atoms with Crippen molar-refractivity contribution in [2.24, 2.45) is 0 Å². The number of benzene rings is 4. The lowest BCUT2D eigenvalue weighted by Crippen LogP contribution is -2.48. The normalized spacial score (nSPS) is 15.8. The molecule has 8 nitrogen and oxygen atoms in total. The van der Waals surface area contributed by atoms with E-state index in [9.17, 15) is 19.5 Å². The van der Waals surface area contributed by atoms with E-state index in [0.717, 1.165) is 27.2 Å². The van der Waals surface area contributed by atoms with Gasteiger partial charge in [-0.3, -0.25) is 9.59 Å². The number of aliphatic hydroxyl groups excluding tert-OH is 1. The van der Waals surface area contributed by atoms with Gasteiger partial charge < -0.3 is 19.9 Å². The Balaban J connectivity index is 1.24. The van der Waals surface area contributed by atoms with Crippen molar-refractivity contribution in [3.63, 3.8) is 0 Å².